The van der Waals surface area contributed by atoms with Crippen molar-refractivity contribution in [1.82, 2.24) is 9.36 Å². The topological polar surface area (TPSA) is 136 Å². The number of aryl methyl sites for hydroxylation is 1. The Morgan fingerprint density at radius 2 is 2.04 bits per heavy atom. The third kappa shape index (κ3) is 3.09. The van der Waals surface area contributed by atoms with Crippen molar-refractivity contribution in [3.05, 3.63) is 29.7 Å². The zero-order chi connectivity index (χ0) is 16.6. The molecule has 2 aromatic heterocycles. The molecule has 3 rings (SSSR count). The van der Waals surface area contributed by atoms with E-state index in [0.29, 0.717) is 24.2 Å². The van der Waals surface area contributed by atoms with Crippen molar-refractivity contribution >= 4 is 39.7 Å². The van der Waals surface area contributed by atoms with Crippen LogP contribution in [0.3, 0.4) is 0 Å². The summed E-state index contributed by atoms with van der Waals surface area (Å²) in [7, 11) is 0. The summed E-state index contributed by atoms with van der Waals surface area (Å²) in [6.45, 7) is 1.87. The molecule has 0 radical (unpaired) electrons. The summed E-state index contributed by atoms with van der Waals surface area (Å²) >= 11 is 1.27. The molecule has 8 nitrogen and oxygen atoms in total. The van der Waals surface area contributed by atoms with Crippen molar-refractivity contribution in [2.24, 2.45) is 11.5 Å². The summed E-state index contributed by atoms with van der Waals surface area (Å²) in [5.41, 5.74) is 12.1. The number of carbonyl (C=O) groups excluding carboxylic acids is 2. The van der Waals surface area contributed by atoms with E-state index in [1.807, 2.05) is 13.0 Å². The van der Waals surface area contributed by atoms with E-state index in [0.717, 1.165) is 10.7 Å². The molecular formula is C14H16N6O2S. The Kier molecular flexibility index (Phi) is 3.64. The highest BCUT2D eigenvalue weighted by Gasteiger charge is 2.48. The number of nitrogens with two attached hydrogens (primary N) is 2. The lowest BCUT2D eigenvalue weighted by Gasteiger charge is -2.16. The molecule has 9 heteroatoms. The summed E-state index contributed by atoms with van der Waals surface area (Å²) in [4.78, 5) is 27.1. The smallest absolute Gasteiger partial charge is 0.269 e. The van der Waals surface area contributed by atoms with E-state index in [4.69, 9.17) is 11.5 Å². The van der Waals surface area contributed by atoms with Crippen LogP contribution in [0, 0.1) is 6.92 Å². The molecule has 0 unspecified atom stereocenters. The fourth-order valence-corrected chi connectivity index (χ4v) is 2.89. The molecule has 0 aromatic carbocycles. The van der Waals surface area contributed by atoms with Crippen molar-refractivity contribution in [2.75, 3.05) is 10.6 Å². The van der Waals surface area contributed by atoms with Gasteiger partial charge in [-0.15, -0.1) is 0 Å². The van der Waals surface area contributed by atoms with E-state index < -0.39 is 17.4 Å². The SMILES string of the molecule is Cc1cc(Nc2cc(NC3(C(N)=O)CC3)cnc2C(N)=O)sn1. The van der Waals surface area contributed by atoms with Gasteiger partial charge >= 0.3 is 0 Å². The number of nitrogens with zero attached hydrogens (tertiary/aromatic N) is 2. The number of carbonyl (C=O) groups is 2. The maximum Gasteiger partial charge on any atom is 0.269 e. The average molecular weight is 332 g/mol. The normalized spacial score (nSPS) is 15.0. The van der Waals surface area contributed by atoms with Crippen molar-refractivity contribution in [3.63, 3.8) is 0 Å². The van der Waals surface area contributed by atoms with Gasteiger partial charge in [0.25, 0.3) is 5.91 Å². The van der Waals surface area contributed by atoms with E-state index in [2.05, 4.69) is 20.0 Å². The van der Waals surface area contributed by atoms with Gasteiger partial charge in [0.05, 0.1) is 23.3 Å². The number of pyridine rings is 1. The standard InChI is InChI=1S/C14H16N6O2S/c1-7-4-10(23-20-7)18-9-5-8(6-17-11(9)12(15)21)19-14(2-3-14)13(16)22/h4-6,18-19H,2-3H2,1H3,(H2,15,21)(H2,16,22). The van der Waals surface area contributed by atoms with E-state index in [-0.39, 0.29) is 5.69 Å². The highest BCUT2D eigenvalue weighted by molar-refractivity contribution is 7.10. The van der Waals surface area contributed by atoms with E-state index in [9.17, 15) is 9.59 Å². The van der Waals surface area contributed by atoms with Gasteiger partial charge in [-0.3, -0.25) is 9.59 Å². The van der Waals surface area contributed by atoms with Crippen LogP contribution in [-0.4, -0.2) is 26.7 Å². The number of aromatic nitrogens is 2. The molecule has 1 aliphatic rings. The Bertz CT molecular complexity index is 783. The maximum absolute atomic E-state index is 11.5. The first-order chi connectivity index (χ1) is 10.9. The average Bonchev–Trinajstić information content (AvgIpc) is 3.15. The number of hydrogen-bond donors (Lipinski definition) is 4. The molecule has 2 aromatic rings. The van der Waals surface area contributed by atoms with Gasteiger partial charge in [-0.05, 0) is 43.4 Å². The second-order valence-corrected chi connectivity index (χ2v) is 6.32. The van der Waals surface area contributed by atoms with Crippen LogP contribution >= 0.6 is 11.5 Å². The third-order valence-electron chi connectivity index (χ3n) is 3.61. The quantitative estimate of drug-likeness (QED) is 0.626. The Morgan fingerprint density at radius 1 is 1.30 bits per heavy atom. The van der Waals surface area contributed by atoms with Gasteiger partial charge in [-0.1, -0.05) is 0 Å². The number of hydrogen-bond acceptors (Lipinski definition) is 7. The predicted molar refractivity (Wildman–Crippen MR) is 87.7 cm³/mol. The lowest BCUT2D eigenvalue weighted by Crippen LogP contribution is -2.37. The molecule has 0 bridgehead atoms. The second-order valence-electron chi connectivity index (χ2n) is 5.51. The van der Waals surface area contributed by atoms with Gasteiger partial charge in [-0.25, -0.2) is 4.98 Å². The van der Waals surface area contributed by atoms with Gasteiger partial charge in [-0.2, -0.15) is 4.37 Å². The molecule has 0 atom stereocenters. The van der Waals surface area contributed by atoms with Crippen LogP contribution < -0.4 is 22.1 Å². The highest BCUT2D eigenvalue weighted by Crippen LogP contribution is 2.39. The van der Waals surface area contributed by atoms with Gasteiger partial charge in [0.15, 0.2) is 5.69 Å². The van der Waals surface area contributed by atoms with Gasteiger partial charge < -0.3 is 22.1 Å². The Hall–Kier alpha value is -2.68. The van der Waals surface area contributed by atoms with Crippen LogP contribution in [0.15, 0.2) is 18.3 Å². The van der Waals surface area contributed by atoms with E-state index in [1.54, 1.807) is 6.07 Å². The Balaban J connectivity index is 1.90. The number of primary amides is 2. The molecule has 1 saturated carbocycles. The minimum atomic E-state index is -0.714. The van der Waals surface area contributed by atoms with Crippen LogP contribution in [-0.2, 0) is 4.79 Å². The van der Waals surface area contributed by atoms with E-state index in [1.165, 1.54) is 17.7 Å². The molecule has 2 amide bonds. The molecule has 0 aliphatic heterocycles. The lowest BCUT2D eigenvalue weighted by atomic mass is 10.2. The van der Waals surface area contributed by atoms with Crippen molar-refractivity contribution in [2.45, 2.75) is 25.3 Å². The zero-order valence-corrected chi connectivity index (χ0v) is 13.2. The number of amides is 2. The first-order valence-corrected chi connectivity index (χ1v) is 7.75. The van der Waals surface area contributed by atoms with Gasteiger partial charge in [0, 0.05) is 0 Å². The molecule has 6 N–H and O–H groups in total. The molecular weight excluding hydrogens is 316 g/mol. The molecule has 0 saturated heterocycles. The third-order valence-corrected chi connectivity index (χ3v) is 4.41. The Labute approximate surface area is 136 Å². The van der Waals surface area contributed by atoms with Gasteiger partial charge in [0.1, 0.15) is 10.5 Å². The summed E-state index contributed by atoms with van der Waals surface area (Å²) < 4.78 is 4.17. The maximum atomic E-state index is 11.5. The van der Waals surface area contributed by atoms with Crippen LogP contribution in [0.25, 0.3) is 0 Å². The molecule has 120 valence electrons. The lowest BCUT2D eigenvalue weighted by molar-refractivity contribution is -0.119. The van der Waals surface area contributed by atoms with E-state index >= 15 is 0 Å². The van der Waals surface area contributed by atoms with Crippen molar-refractivity contribution < 1.29 is 9.59 Å². The summed E-state index contributed by atoms with van der Waals surface area (Å²) in [6.07, 6.45) is 2.82. The number of rotatable bonds is 6. The van der Waals surface area contributed by atoms with Crippen LogP contribution in [0.2, 0.25) is 0 Å². The number of nitrogens with one attached hydrogen (secondary N) is 2. The van der Waals surface area contributed by atoms with Crippen molar-refractivity contribution in [3.8, 4) is 0 Å². The summed E-state index contributed by atoms with van der Waals surface area (Å²) in [6, 6.07) is 3.53. The van der Waals surface area contributed by atoms with Crippen molar-refractivity contribution in [1.29, 1.82) is 0 Å². The van der Waals surface area contributed by atoms with Crippen LogP contribution in [0.5, 0.6) is 0 Å². The predicted octanol–water partition coefficient (Wildman–Crippen LogP) is 1.12. The fourth-order valence-electron chi connectivity index (χ4n) is 2.21. The Morgan fingerprint density at radius 3 is 2.57 bits per heavy atom. The first-order valence-electron chi connectivity index (χ1n) is 6.98. The largest absolute Gasteiger partial charge is 0.370 e. The zero-order valence-electron chi connectivity index (χ0n) is 12.4. The number of anilines is 3. The second kappa shape index (κ2) is 5.51. The minimum Gasteiger partial charge on any atom is -0.370 e. The minimum absolute atomic E-state index is 0.116. The van der Waals surface area contributed by atoms with Crippen LogP contribution in [0.1, 0.15) is 29.0 Å². The molecule has 1 fully saturated rings. The van der Waals surface area contributed by atoms with Crippen LogP contribution in [0.4, 0.5) is 16.4 Å². The molecule has 1 aliphatic carbocycles. The summed E-state index contributed by atoms with van der Waals surface area (Å²) in [5.74, 6) is -1.04. The fraction of sp³-hybridized carbons (Fsp3) is 0.286. The van der Waals surface area contributed by atoms with Gasteiger partial charge in [0.2, 0.25) is 5.91 Å². The monoisotopic (exact) mass is 332 g/mol. The molecule has 2 heterocycles. The molecule has 0 spiro atoms. The highest BCUT2D eigenvalue weighted by atomic mass is 32.1. The molecule has 23 heavy (non-hydrogen) atoms. The first kappa shape index (κ1) is 15.2. The summed E-state index contributed by atoms with van der Waals surface area (Å²) in [5, 5.41) is 6.94.